The predicted octanol–water partition coefficient (Wildman–Crippen LogP) is 1.65. The summed E-state index contributed by atoms with van der Waals surface area (Å²) in [4.78, 5) is 0. The van der Waals surface area contributed by atoms with Crippen molar-refractivity contribution in [3.8, 4) is 6.07 Å². The van der Waals surface area contributed by atoms with Crippen LogP contribution in [-0.2, 0) is 5.54 Å². The van der Waals surface area contributed by atoms with Crippen LogP contribution in [0.1, 0.15) is 26.3 Å². The second kappa shape index (κ2) is 2.59. The van der Waals surface area contributed by atoms with Crippen LogP contribution in [0.25, 0.3) is 0 Å². The maximum absolute atomic E-state index is 13.2. The van der Waals surface area contributed by atoms with Crippen LogP contribution >= 0.6 is 0 Å². The molecule has 0 atom stereocenters. The maximum atomic E-state index is 13.2. The van der Waals surface area contributed by atoms with Crippen LogP contribution < -0.4 is 0 Å². The van der Waals surface area contributed by atoms with E-state index in [4.69, 9.17) is 5.26 Å². The summed E-state index contributed by atoms with van der Waals surface area (Å²) in [7, 11) is 0. The molecule has 1 aromatic heterocycles. The largest absolute Gasteiger partial charge is 0.233 e. The standard InChI is InChI=1S/C8H10FN3/c1-8(2,3)12-7(9)6(4-10)5-11-12/h5H,1-3H3. The predicted molar refractivity (Wildman–Crippen MR) is 41.9 cm³/mol. The maximum Gasteiger partial charge on any atom is 0.229 e. The molecule has 0 aliphatic rings. The van der Waals surface area contributed by atoms with E-state index >= 15 is 0 Å². The molecular weight excluding hydrogens is 157 g/mol. The van der Waals surface area contributed by atoms with Gasteiger partial charge < -0.3 is 0 Å². The fourth-order valence-corrected chi connectivity index (χ4v) is 0.876. The highest BCUT2D eigenvalue weighted by Crippen LogP contribution is 2.16. The van der Waals surface area contributed by atoms with Crippen LogP contribution in [-0.4, -0.2) is 9.78 Å². The summed E-state index contributed by atoms with van der Waals surface area (Å²) >= 11 is 0. The van der Waals surface area contributed by atoms with E-state index in [2.05, 4.69) is 5.10 Å². The molecule has 0 radical (unpaired) electrons. The minimum absolute atomic E-state index is 0.00933. The van der Waals surface area contributed by atoms with Gasteiger partial charge in [0.2, 0.25) is 5.95 Å². The van der Waals surface area contributed by atoms with Crippen molar-refractivity contribution in [2.75, 3.05) is 0 Å². The first kappa shape index (κ1) is 8.72. The van der Waals surface area contributed by atoms with Crippen molar-refractivity contribution in [2.45, 2.75) is 26.3 Å². The molecule has 64 valence electrons. The molecule has 0 saturated heterocycles. The first-order chi connectivity index (χ1) is 5.46. The molecule has 0 unspecified atom stereocenters. The Labute approximate surface area is 70.4 Å². The normalized spacial score (nSPS) is 11.2. The van der Waals surface area contributed by atoms with Gasteiger partial charge in [0, 0.05) is 0 Å². The Balaban J connectivity index is 3.22. The van der Waals surface area contributed by atoms with Gasteiger partial charge in [-0.2, -0.15) is 14.8 Å². The van der Waals surface area contributed by atoms with Crippen molar-refractivity contribution in [3.05, 3.63) is 17.7 Å². The quantitative estimate of drug-likeness (QED) is 0.589. The zero-order chi connectivity index (χ0) is 9.35. The van der Waals surface area contributed by atoms with Gasteiger partial charge in [-0.1, -0.05) is 0 Å². The highest BCUT2D eigenvalue weighted by molar-refractivity contribution is 5.24. The van der Waals surface area contributed by atoms with Crippen molar-refractivity contribution in [1.29, 1.82) is 5.26 Å². The molecular formula is C8H10FN3. The minimum Gasteiger partial charge on any atom is -0.233 e. The summed E-state index contributed by atoms with van der Waals surface area (Å²) in [5, 5.41) is 12.2. The van der Waals surface area contributed by atoms with Gasteiger partial charge in [-0.25, -0.2) is 4.68 Å². The number of nitriles is 1. The first-order valence-electron chi connectivity index (χ1n) is 3.61. The first-order valence-corrected chi connectivity index (χ1v) is 3.61. The second-order valence-corrected chi connectivity index (χ2v) is 3.54. The molecule has 0 bridgehead atoms. The van der Waals surface area contributed by atoms with Crippen molar-refractivity contribution < 1.29 is 4.39 Å². The Morgan fingerprint density at radius 2 is 2.17 bits per heavy atom. The number of halogens is 1. The lowest BCUT2D eigenvalue weighted by Crippen LogP contribution is -2.24. The number of hydrogen-bond acceptors (Lipinski definition) is 2. The minimum atomic E-state index is -0.565. The summed E-state index contributed by atoms with van der Waals surface area (Å²) < 4.78 is 14.4. The van der Waals surface area contributed by atoms with E-state index in [1.165, 1.54) is 10.9 Å². The number of nitrogens with zero attached hydrogens (tertiary/aromatic N) is 3. The topological polar surface area (TPSA) is 41.6 Å². The van der Waals surface area contributed by atoms with Gasteiger partial charge >= 0.3 is 0 Å². The van der Waals surface area contributed by atoms with Gasteiger partial charge in [0.05, 0.1) is 11.7 Å². The van der Waals surface area contributed by atoms with Crippen molar-refractivity contribution in [3.63, 3.8) is 0 Å². The van der Waals surface area contributed by atoms with E-state index in [9.17, 15) is 4.39 Å². The molecule has 1 aromatic rings. The van der Waals surface area contributed by atoms with Gasteiger partial charge in [-0.15, -0.1) is 0 Å². The molecule has 0 aliphatic carbocycles. The van der Waals surface area contributed by atoms with Crippen LogP contribution in [0.2, 0.25) is 0 Å². The number of aromatic nitrogens is 2. The molecule has 3 nitrogen and oxygen atoms in total. The third-order valence-corrected chi connectivity index (χ3v) is 1.47. The van der Waals surface area contributed by atoms with Gasteiger partial charge in [0.15, 0.2) is 0 Å². The van der Waals surface area contributed by atoms with Crippen molar-refractivity contribution in [1.82, 2.24) is 9.78 Å². The third kappa shape index (κ3) is 1.30. The summed E-state index contributed by atoms with van der Waals surface area (Å²) in [5.41, 5.74) is -0.427. The Bertz CT molecular complexity index is 327. The third-order valence-electron chi connectivity index (χ3n) is 1.47. The van der Waals surface area contributed by atoms with Crippen LogP contribution in [0, 0.1) is 17.3 Å². The van der Waals surface area contributed by atoms with Gasteiger partial charge in [-0.05, 0) is 20.8 Å². The summed E-state index contributed by atoms with van der Waals surface area (Å²) in [6, 6.07) is 1.73. The van der Waals surface area contributed by atoms with E-state index < -0.39 is 11.5 Å². The SMILES string of the molecule is CC(C)(C)n1ncc(C#N)c1F. The highest BCUT2D eigenvalue weighted by atomic mass is 19.1. The van der Waals surface area contributed by atoms with E-state index in [0.717, 1.165) is 0 Å². The number of rotatable bonds is 0. The number of hydrogen-bond donors (Lipinski definition) is 0. The van der Waals surface area contributed by atoms with E-state index in [-0.39, 0.29) is 5.56 Å². The molecule has 0 spiro atoms. The van der Waals surface area contributed by atoms with E-state index in [1.54, 1.807) is 6.07 Å². The summed E-state index contributed by atoms with van der Waals surface area (Å²) in [5.74, 6) is -0.565. The monoisotopic (exact) mass is 167 g/mol. The zero-order valence-corrected chi connectivity index (χ0v) is 7.30. The Morgan fingerprint density at radius 3 is 2.42 bits per heavy atom. The molecule has 1 heterocycles. The molecule has 12 heavy (non-hydrogen) atoms. The fourth-order valence-electron chi connectivity index (χ4n) is 0.876. The lowest BCUT2D eigenvalue weighted by atomic mass is 10.1. The lowest BCUT2D eigenvalue weighted by molar-refractivity contribution is 0.299. The molecule has 4 heteroatoms. The molecule has 0 saturated carbocycles. The van der Waals surface area contributed by atoms with Crippen molar-refractivity contribution in [2.24, 2.45) is 0 Å². The molecule has 0 amide bonds. The Kier molecular flexibility index (Phi) is 1.89. The van der Waals surface area contributed by atoms with Crippen LogP contribution in [0.3, 0.4) is 0 Å². The lowest BCUT2D eigenvalue weighted by Gasteiger charge is -2.19. The molecule has 0 aromatic carbocycles. The van der Waals surface area contributed by atoms with Crippen LogP contribution in [0.5, 0.6) is 0 Å². The van der Waals surface area contributed by atoms with Crippen molar-refractivity contribution >= 4 is 0 Å². The van der Waals surface area contributed by atoms with E-state index in [1.807, 2.05) is 20.8 Å². The highest BCUT2D eigenvalue weighted by Gasteiger charge is 2.20. The molecule has 0 fully saturated rings. The van der Waals surface area contributed by atoms with Gasteiger partial charge in [-0.3, -0.25) is 0 Å². The zero-order valence-electron chi connectivity index (χ0n) is 7.30. The Morgan fingerprint density at radius 1 is 1.58 bits per heavy atom. The smallest absolute Gasteiger partial charge is 0.229 e. The molecule has 1 rings (SSSR count). The summed E-state index contributed by atoms with van der Waals surface area (Å²) in [6.07, 6.45) is 1.24. The fraction of sp³-hybridized carbons (Fsp3) is 0.500. The summed E-state index contributed by atoms with van der Waals surface area (Å²) in [6.45, 7) is 5.47. The molecule has 0 aliphatic heterocycles. The van der Waals surface area contributed by atoms with Gasteiger partial charge in [0.1, 0.15) is 11.6 Å². The van der Waals surface area contributed by atoms with Gasteiger partial charge in [0.25, 0.3) is 0 Å². The van der Waals surface area contributed by atoms with Crippen LogP contribution in [0.15, 0.2) is 6.20 Å². The second-order valence-electron chi connectivity index (χ2n) is 3.54. The average Bonchev–Trinajstić information content (AvgIpc) is 2.29. The Hall–Kier alpha value is -1.37. The average molecular weight is 167 g/mol. The molecule has 0 N–H and O–H groups in total. The van der Waals surface area contributed by atoms with Crippen LogP contribution in [0.4, 0.5) is 4.39 Å². The van der Waals surface area contributed by atoms with E-state index in [0.29, 0.717) is 0 Å².